The Labute approximate surface area is 137 Å². The fourth-order valence-corrected chi connectivity index (χ4v) is 2.18. The number of allylic oxidation sites excluding steroid dienone is 1. The molecule has 23 heavy (non-hydrogen) atoms. The van der Waals surface area contributed by atoms with E-state index in [2.05, 4.69) is 18.5 Å². The maximum atomic E-state index is 12.0. The van der Waals surface area contributed by atoms with Crippen LogP contribution in [0.5, 0.6) is 0 Å². The summed E-state index contributed by atoms with van der Waals surface area (Å²) < 4.78 is 9.97. The molecule has 1 aromatic carbocycles. The molecule has 1 aromatic rings. The second-order valence-electron chi connectivity index (χ2n) is 4.99. The van der Waals surface area contributed by atoms with E-state index in [1.165, 1.54) is 7.11 Å². The summed E-state index contributed by atoms with van der Waals surface area (Å²) in [5.41, 5.74) is 0.888. The number of benzene rings is 1. The van der Waals surface area contributed by atoms with E-state index in [-0.39, 0.29) is 6.61 Å². The van der Waals surface area contributed by atoms with Crippen LogP contribution in [0.3, 0.4) is 0 Å². The van der Waals surface area contributed by atoms with Crippen LogP contribution in [-0.2, 0) is 20.9 Å². The molecule has 0 aliphatic heterocycles. The summed E-state index contributed by atoms with van der Waals surface area (Å²) in [5, 5.41) is 2.71. The van der Waals surface area contributed by atoms with Crippen LogP contribution in [0, 0.1) is 5.92 Å². The molecule has 0 aromatic heterocycles. The molecule has 0 aliphatic carbocycles. The van der Waals surface area contributed by atoms with E-state index in [1.807, 2.05) is 30.3 Å². The lowest BCUT2D eigenvalue weighted by Crippen LogP contribution is -2.43. The summed E-state index contributed by atoms with van der Waals surface area (Å²) in [7, 11) is 1.32. The van der Waals surface area contributed by atoms with Crippen LogP contribution in [0.2, 0.25) is 0 Å². The van der Waals surface area contributed by atoms with E-state index in [4.69, 9.17) is 9.47 Å². The van der Waals surface area contributed by atoms with E-state index in [9.17, 15) is 9.59 Å². The van der Waals surface area contributed by atoms with Crippen LogP contribution in [-0.4, -0.2) is 25.2 Å². The van der Waals surface area contributed by atoms with Gasteiger partial charge in [-0.1, -0.05) is 42.5 Å². The number of alkyl carbamates (subject to hydrolysis) is 1. The van der Waals surface area contributed by atoms with Gasteiger partial charge in [0.05, 0.1) is 13.0 Å². The first kappa shape index (κ1) is 18.5. The predicted molar refractivity (Wildman–Crippen MR) is 88.7 cm³/mol. The van der Waals surface area contributed by atoms with Crippen molar-refractivity contribution in [2.24, 2.45) is 5.92 Å². The molecule has 2 atom stereocenters. The first-order chi connectivity index (χ1) is 11.1. The van der Waals surface area contributed by atoms with Crippen molar-refractivity contribution >= 4 is 12.1 Å². The van der Waals surface area contributed by atoms with Gasteiger partial charge in [-0.3, -0.25) is 4.79 Å². The highest BCUT2D eigenvalue weighted by atomic mass is 16.5. The number of hydrogen-bond donors (Lipinski definition) is 1. The highest BCUT2D eigenvalue weighted by Crippen LogP contribution is 2.16. The molecule has 0 saturated carbocycles. The highest BCUT2D eigenvalue weighted by molar-refractivity contribution is 5.75. The number of rotatable bonds is 9. The van der Waals surface area contributed by atoms with Crippen LogP contribution < -0.4 is 5.32 Å². The van der Waals surface area contributed by atoms with Gasteiger partial charge in [0.2, 0.25) is 0 Å². The number of methoxy groups -OCH3 is 1. The van der Waals surface area contributed by atoms with Gasteiger partial charge in [0.1, 0.15) is 6.61 Å². The SMILES string of the molecule is C=CC[C@H](NC(=O)OCc1ccccc1)[C@H](CC=C)C(=O)OC. The molecule has 1 N–H and O–H groups in total. The maximum absolute atomic E-state index is 12.0. The minimum absolute atomic E-state index is 0.165. The smallest absolute Gasteiger partial charge is 0.407 e. The number of nitrogens with one attached hydrogen (secondary N) is 1. The first-order valence-corrected chi connectivity index (χ1v) is 7.39. The molecule has 0 radical (unpaired) electrons. The van der Waals surface area contributed by atoms with Gasteiger partial charge in [0.15, 0.2) is 0 Å². The monoisotopic (exact) mass is 317 g/mol. The Hall–Kier alpha value is -2.56. The molecular formula is C18H23NO4. The topological polar surface area (TPSA) is 64.6 Å². The molecule has 0 unspecified atom stereocenters. The van der Waals surface area contributed by atoms with Crippen LogP contribution in [0.25, 0.3) is 0 Å². The summed E-state index contributed by atoms with van der Waals surface area (Å²) >= 11 is 0. The first-order valence-electron chi connectivity index (χ1n) is 7.39. The Morgan fingerprint density at radius 2 is 1.83 bits per heavy atom. The third kappa shape index (κ3) is 6.38. The number of carbonyl (C=O) groups excluding carboxylic acids is 2. The second kappa shape index (κ2) is 10.2. The molecule has 1 rings (SSSR count). The minimum atomic E-state index is -0.585. The van der Waals surface area contributed by atoms with Crippen molar-refractivity contribution in [1.82, 2.24) is 5.32 Å². The van der Waals surface area contributed by atoms with Crippen molar-refractivity contribution in [2.45, 2.75) is 25.5 Å². The molecular weight excluding hydrogens is 294 g/mol. The zero-order valence-electron chi connectivity index (χ0n) is 13.4. The Kier molecular flexibility index (Phi) is 8.21. The third-order valence-corrected chi connectivity index (χ3v) is 3.35. The molecule has 0 saturated heterocycles. The van der Waals surface area contributed by atoms with E-state index < -0.39 is 24.0 Å². The van der Waals surface area contributed by atoms with Crippen LogP contribution in [0.1, 0.15) is 18.4 Å². The second-order valence-corrected chi connectivity index (χ2v) is 4.99. The van der Waals surface area contributed by atoms with Gasteiger partial charge >= 0.3 is 12.1 Å². The lowest BCUT2D eigenvalue weighted by Gasteiger charge is -2.24. The van der Waals surface area contributed by atoms with Crippen LogP contribution >= 0.6 is 0 Å². The van der Waals surface area contributed by atoms with Crippen molar-refractivity contribution in [2.75, 3.05) is 7.11 Å². The number of amides is 1. The Morgan fingerprint density at radius 3 is 2.39 bits per heavy atom. The number of hydrogen-bond acceptors (Lipinski definition) is 4. The van der Waals surface area contributed by atoms with Gasteiger partial charge in [-0.15, -0.1) is 13.2 Å². The van der Waals surface area contributed by atoms with Gasteiger partial charge in [-0.05, 0) is 18.4 Å². The van der Waals surface area contributed by atoms with Gasteiger partial charge < -0.3 is 14.8 Å². The van der Waals surface area contributed by atoms with Crippen molar-refractivity contribution < 1.29 is 19.1 Å². The minimum Gasteiger partial charge on any atom is -0.469 e. The van der Waals surface area contributed by atoms with Gasteiger partial charge in [0, 0.05) is 6.04 Å². The Balaban J connectivity index is 2.65. The normalized spacial score (nSPS) is 12.6. The maximum Gasteiger partial charge on any atom is 0.407 e. The van der Waals surface area contributed by atoms with E-state index >= 15 is 0 Å². The molecule has 5 nitrogen and oxygen atoms in total. The van der Waals surface area contributed by atoms with Gasteiger partial charge in [-0.2, -0.15) is 0 Å². The van der Waals surface area contributed by atoms with Crippen LogP contribution in [0.15, 0.2) is 55.6 Å². The molecule has 0 bridgehead atoms. The Morgan fingerprint density at radius 1 is 1.17 bits per heavy atom. The van der Waals surface area contributed by atoms with Crippen molar-refractivity contribution in [3.63, 3.8) is 0 Å². The molecule has 0 aliphatic rings. The zero-order chi connectivity index (χ0) is 17.1. The molecule has 0 heterocycles. The molecule has 1 amide bonds. The highest BCUT2D eigenvalue weighted by Gasteiger charge is 2.29. The van der Waals surface area contributed by atoms with Gasteiger partial charge in [-0.25, -0.2) is 4.79 Å². The molecule has 5 heteroatoms. The molecule has 124 valence electrons. The van der Waals surface area contributed by atoms with Crippen molar-refractivity contribution in [3.8, 4) is 0 Å². The van der Waals surface area contributed by atoms with E-state index in [0.717, 1.165) is 5.56 Å². The third-order valence-electron chi connectivity index (χ3n) is 3.35. The molecule has 0 fully saturated rings. The van der Waals surface area contributed by atoms with Crippen molar-refractivity contribution in [1.29, 1.82) is 0 Å². The van der Waals surface area contributed by atoms with Crippen LogP contribution in [0.4, 0.5) is 4.79 Å². The predicted octanol–water partition coefficient (Wildman–Crippen LogP) is 3.22. The number of carbonyl (C=O) groups is 2. The zero-order valence-corrected chi connectivity index (χ0v) is 13.4. The summed E-state index contributed by atoms with van der Waals surface area (Å²) in [4.78, 5) is 23.9. The van der Waals surface area contributed by atoms with E-state index in [0.29, 0.717) is 12.8 Å². The number of esters is 1. The average Bonchev–Trinajstić information content (AvgIpc) is 2.58. The lowest BCUT2D eigenvalue weighted by atomic mass is 9.93. The standard InChI is InChI=1S/C18H23NO4/c1-4-9-15(17(20)22-3)16(10-5-2)19-18(21)23-13-14-11-7-6-8-12-14/h4-8,11-12,15-16H,1-2,9-10,13H2,3H3,(H,19,21)/t15-,16-/m0/s1. The summed E-state index contributed by atoms with van der Waals surface area (Å²) in [6, 6.07) is 8.90. The average molecular weight is 317 g/mol. The summed E-state index contributed by atoms with van der Waals surface area (Å²) in [5.74, 6) is -0.931. The lowest BCUT2D eigenvalue weighted by molar-refractivity contribution is -0.146. The Bertz CT molecular complexity index is 527. The summed E-state index contributed by atoms with van der Waals surface area (Å²) in [6.07, 6.45) is 3.49. The number of ether oxygens (including phenoxy) is 2. The van der Waals surface area contributed by atoms with E-state index in [1.54, 1.807) is 12.2 Å². The fraction of sp³-hybridized carbons (Fsp3) is 0.333. The summed E-state index contributed by atoms with van der Waals surface area (Å²) in [6.45, 7) is 7.46. The fourth-order valence-electron chi connectivity index (χ4n) is 2.18. The molecule has 0 spiro atoms. The van der Waals surface area contributed by atoms with Crippen molar-refractivity contribution in [3.05, 3.63) is 61.2 Å². The largest absolute Gasteiger partial charge is 0.469 e. The van der Waals surface area contributed by atoms with Gasteiger partial charge in [0.25, 0.3) is 0 Å². The quantitative estimate of drug-likeness (QED) is 0.561.